The Morgan fingerprint density at radius 2 is 1.83 bits per heavy atom. The third kappa shape index (κ3) is 4.95. The van der Waals surface area contributed by atoms with Gasteiger partial charge in [-0.1, -0.05) is 0 Å². The Hall–Kier alpha value is -3.30. The minimum Gasteiger partial charge on any atom is -0.485 e. The summed E-state index contributed by atoms with van der Waals surface area (Å²) in [6, 6.07) is 4.00. The maximum atomic E-state index is 12.8. The molecule has 0 bridgehead atoms. The molecule has 1 aliphatic heterocycles. The van der Waals surface area contributed by atoms with Crippen molar-refractivity contribution in [3.05, 3.63) is 41.9 Å². The second-order valence-electron chi connectivity index (χ2n) is 6.22. The van der Waals surface area contributed by atoms with Gasteiger partial charge < -0.3 is 19.1 Å². The number of benzene rings is 1. The van der Waals surface area contributed by atoms with Gasteiger partial charge in [0, 0.05) is 19.2 Å². The van der Waals surface area contributed by atoms with Crippen molar-refractivity contribution >= 4 is 11.9 Å². The first-order valence-corrected chi connectivity index (χ1v) is 8.85. The molecule has 0 spiro atoms. The average molecular weight is 407 g/mol. The van der Waals surface area contributed by atoms with Crippen molar-refractivity contribution in [2.24, 2.45) is 0 Å². The van der Waals surface area contributed by atoms with E-state index >= 15 is 0 Å². The summed E-state index contributed by atoms with van der Waals surface area (Å²) in [5.41, 5.74) is 0.257. The first kappa shape index (κ1) is 20.4. The third-order valence-corrected chi connectivity index (χ3v) is 4.16. The molecule has 0 saturated carbocycles. The number of ether oxygens (including phenoxy) is 3. The molecule has 0 radical (unpaired) electrons. The van der Waals surface area contributed by atoms with Gasteiger partial charge in [0.15, 0.2) is 6.10 Å². The lowest BCUT2D eigenvalue weighted by Crippen LogP contribution is -2.42. The largest absolute Gasteiger partial charge is 0.485 e. The van der Waals surface area contributed by atoms with Crippen molar-refractivity contribution in [3.63, 3.8) is 0 Å². The van der Waals surface area contributed by atoms with Crippen LogP contribution in [-0.4, -0.2) is 66.4 Å². The minimum absolute atomic E-state index is 0.0285. The zero-order valence-corrected chi connectivity index (χ0v) is 15.6. The van der Waals surface area contributed by atoms with Crippen LogP contribution in [0.5, 0.6) is 17.4 Å². The van der Waals surface area contributed by atoms with Crippen LogP contribution < -0.4 is 9.47 Å². The van der Waals surface area contributed by atoms with Crippen molar-refractivity contribution in [1.82, 2.24) is 14.9 Å². The number of halogens is 2. The molecule has 1 aliphatic rings. The summed E-state index contributed by atoms with van der Waals surface area (Å²) in [5.74, 6) is -0.678. The molecule has 29 heavy (non-hydrogen) atoms. The van der Waals surface area contributed by atoms with E-state index in [1.165, 1.54) is 37.7 Å². The van der Waals surface area contributed by atoms with Crippen LogP contribution in [0.2, 0.25) is 0 Å². The monoisotopic (exact) mass is 407 g/mol. The van der Waals surface area contributed by atoms with Crippen LogP contribution in [0.15, 0.2) is 30.6 Å². The van der Waals surface area contributed by atoms with Gasteiger partial charge in [-0.05, 0) is 18.6 Å². The number of esters is 1. The number of alkyl halides is 2. The number of nitrogens with zero attached hydrogens (tertiary/aromatic N) is 3. The predicted molar refractivity (Wildman–Crippen MR) is 96.8 cm³/mol. The zero-order chi connectivity index (χ0) is 20.8. The molecule has 0 N–H and O–H groups in total. The van der Waals surface area contributed by atoms with Gasteiger partial charge in [0.2, 0.25) is 5.88 Å². The highest BCUT2D eigenvalue weighted by atomic mass is 19.1. The van der Waals surface area contributed by atoms with Crippen molar-refractivity contribution in [1.29, 1.82) is 0 Å². The van der Waals surface area contributed by atoms with Crippen molar-refractivity contribution in [2.75, 3.05) is 33.5 Å². The van der Waals surface area contributed by atoms with Gasteiger partial charge in [-0.2, -0.15) is 0 Å². The molecule has 0 atom stereocenters. The van der Waals surface area contributed by atoms with Crippen molar-refractivity contribution in [3.8, 4) is 17.4 Å². The van der Waals surface area contributed by atoms with Crippen LogP contribution >= 0.6 is 0 Å². The van der Waals surface area contributed by atoms with Crippen molar-refractivity contribution in [2.45, 2.75) is 12.5 Å². The van der Waals surface area contributed by atoms with E-state index in [1.54, 1.807) is 4.90 Å². The second kappa shape index (κ2) is 9.26. The van der Waals surface area contributed by atoms with E-state index in [0.717, 1.165) is 6.42 Å². The van der Waals surface area contributed by atoms with Gasteiger partial charge in [0.25, 0.3) is 5.91 Å². The molecule has 1 aromatic carbocycles. The van der Waals surface area contributed by atoms with Gasteiger partial charge >= 0.3 is 5.97 Å². The number of aromatic nitrogens is 2. The summed E-state index contributed by atoms with van der Waals surface area (Å²) >= 11 is 0. The van der Waals surface area contributed by atoms with E-state index in [-0.39, 0.29) is 34.5 Å². The summed E-state index contributed by atoms with van der Waals surface area (Å²) in [6.07, 6.45) is 2.22. The molecule has 8 nitrogen and oxygen atoms in total. The number of hydrogen-bond donors (Lipinski definition) is 0. The van der Waals surface area contributed by atoms with Crippen molar-refractivity contribution < 1.29 is 32.6 Å². The normalized spacial score (nSPS) is 13.0. The van der Waals surface area contributed by atoms with Crippen LogP contribution in [0.4, 0.5) is 8.78 Å². The van der Waals surface area contributed by atoms with Crippen LogP contribution in [0.3, 0.4) is 0 Å². The molecule has 1 aromatic heterocycles. The fourth-order valence-electron chi connectivity index (χ4n) is 2.51. The molecule has 2 aromatic rings. The molecule has 154 valence electrons. The molecule has 3 rings (SSSR count). The van der Waals surface area contributed by atoms with E-state index in [0.29, 0.717) is 13.1 Å². The Morgan fingerprint density at radius 1 is 1.10 bits per heavy atom. The minimum atomic E-state index is -1.30. The highest BCUT2D eigenvalue weighted by Crippen LogP contribution is 2.28. The fraction of sp³-hybridized carbons (Fsp3) is 0.368. The summed E-state index contributed by atoms with van der Waals surface area (Å²) in [4.78, 5) is 33.7. The Morgan fingerprint density at radius 3 is 2.38 bits per heavy atom. The van der Waals surface area contributed by atoms with E-state index < -0.39 is 25.4 Å². The topological polar surface area (TPSA) is 90.9 Å². The number of carbonyl (C=O) groups is 2. The molecule has 2 heterocycles. The lowest BCUT2D eigenvalue weighted by molar-refractivity contribution is 0.0597. The quantitative estimate of drug-likeness (QED) is 0.621. The smallest absolute Gasteiger partial charge is 0.338 e. The van der Waals surface area contributed by atoms with E-state index in [4.69, 9.17) is 9.47 Å². The van der Waals surface area contributed by atoms with Crippen LogP contribution in [0.25, 0.3) is 0 Å². The number of rotatable bonds is 8. The highest BCUT2D eigenvalue weighted by Gasteiger charge is 2.23. The lowest BCUT2D eigenvalue weighted by atomic mass is 10.2. The highest BCUT2D eigenvalue weighted by molar-refractivity contribution is 5.92. The third-order valence-electron chi connectivity index (χ3n) is 4.16. The SMILES string of the molecule is COC(=O)c1cc(Oc2cnc(C(=O)N3CCC3)cn2)cc(OC(CF)CF)c1. The maximum absolute atomic E-state index is 12.8. The fourth-order valence-corrected chi connectivity index (χ4v) is 2.51. The number of amides is 1. The first-order chi connectivity index (χ1) is 14.0. The molecule has 0 aliphatic carbocycles. The van der Waals surface area contributed by atoms with E-state index in [9.17, 15) is 18.4 Å². The molecule has 0 unspecified atom stereocenters. The van der Waals surface area contributed by atoms with Crippen LogP contribution in [-0.2, 0) is 4.74 Å². The van der Waals surface area contributed by atoms with Crippen LogP contribution in [0, 0.1) is 0 Å². The van der Waals surface area contributed by atoms with Gasteiger partial charge in [-0.3, -0.25) is 4.79 Å². The summed E-state index contributed by atoms with van der Waals surface area (Å²) in [7, 11) is 1.20. The zero-order valence-electron chi connectivity index (χ0n) is 15.6. The second-order valence-corrected chi connectivity index (χ2v) is 6.22. The number of likely N-dealkylation sites (tertiary alicyclic amines) is 1. The van der Waals surface area contributed by atoms with Crippen LogP contribution in [0.1, 0.15) is 27.3 Å². The van der Waals surface area contributed by atoms with E-state index in [1.807, 2.05) is 0 Å². The molecule has 10 heteroatoms. The Bertz CT molecular complexity index is 871. The summed E-state index contributed by atoms with van der Waals surface area (Å²) in [6.45, 7) is -0.679. The number of carbonyl (C=O) groups excluding carboxylic acids is 2. The Balaban J connectivity index is 1.79. The molecule has 1 fully saturated rings. The van der Waals surface area contributed by atoms with E-state index in [2.05, 4.69) is 14.7 Å². The van der Waals surface area contributed by atoms with Gasteiger partial charge in [-0.15, -0.1) is 0 Å². The summed E-state index contributed by atoms with van der Waals surface area (Å²) in [5, 5.41) is 0. The first-order valence-electron chi connectivity index (χ1n) is 8.85. The Labute approximate surface area is 165 Å². The Kier molecular flexibility index (Phi) is 6.53. The summed E-state index contributed by atoms with van der Waals surface area (Å²) < 4.78 is 41.0. The number of methoxy groups -OCH3 is 1. The number of hydrogen-bond acceptors (Lipinski definition) is 7. The molecule has 1 saturated heterocycles. The molecular formula is C19H19F2N3O5. The standard InChI is InChI=1S/C19H19F2N3O5/c1-27-19(26)12-5-13(28-15(8-20)9-21)7-14(6-12)29-17-11-22-16(10-23-17)18(25)24-3-2-4-24/h5-7,10-11,15H,2-4,8-9H2,1H3. The molecule has 1 amide bonds. The van der Waals surface area contributed by atoms with Gasteiger partial charge in [0.05, 0.1) is 25.1 Å². The molecular weight excluding hydrogens is 388 g/mol. The maximum Gasteiger partial charge on any atom is 0.338 e. The predicted octanol–water partition coefficient (Wildman–Crippen LogP) is 2.59. The van der Waals surface area contributed by atoms with Gasteiger partial charge in [-0.25, -0.2) is 23.5 Å². The average Bonchev–Trinajstić information content (AvgIpc) is 2.70. The lowest BCUT2D eigenvalue weighted by Gasteiger charge is -2.30. The van der Waals surface area contributed by atoms with Gasteiger partial charge in [0.1, 0.15) is 30.5 Å².